The third kappa shape index (κ3) is 2.50. The lowest BCUT2D eigenvalue weighted by Crippen LogP contribution is -2.09. The fourth-order valence-electron chi connectivity index (χ4n) is 1.11. The number of halogens is 1. The quantitative estimate of drug-likeness (QED) is 0.614. The van der Waals surface area contributed by atoms with Crippen LogP contribution >= 0.6 is 11.6 Å². The molecule has 0 saturated heterocycles. The maximum atomic E-state index is 9.71. The van der Waals surface area contributed by atoms with Crippen molar-refractivity contribution in [3.8, 4) is 5.75 Å². The molecule has 1 aromatic rings. The van der Waals surface area contributed by atoms with E-state index in [-0.39, 0.29) is 0 Å². The van der Waals surface area contributed by atoms with Crippen molar-refractivity contribution in [2.75, 3.05) is 7.11 Å². The lowest BCUT2D eigenvalue weighted by atomic mass is 10.1. The minimum Gasteiger partial charge on any atom is -0.497 e. The molecule has 0 spiro atoms. The summed E-state index contributed by atoms with van der Waals surface area (Å²) in [6.45, 7) is 3.52. The zero-order valence-electron chi connectivity index (χ0n) is 7.98. The van der Waals surface area contributed by atoms with E-state index in [2.05, 4.69) is 6.58 Å². The third-order valence-electron chi connectivity index (χ3n) is 1.98. The maximum absolute atomic E-state index is 9.71. The van der Waals surface area contributed by atoms with Crippen molar-refractivity contribution in [2.24, 2.45) is 0 Å². The summed E-state index contributed by atoms with van der Waals surface area (Å²) in [5.41, 5.74) is 0.755. The van der Waals surface area contributed by atoms with Gasteiger partial charge in [-0.2, -0.15) is 0 Å². The van der Waals surface area contributed by atoms with Gasteiger partial charge in [-0.15, -0.1) is 18.2 Å². The van der Waals surface area contributed by atoms with E-state index in [9.17, 15) is 5.11 Å². The van der Waals surface area contributed by atoms with E-state index in [1.165, 1.54) is 6.08 Å². The topological polar surface area (TPSA) is 29.5 Å². The Morgan fingerprint density at radius 1 is 1.43 bits per heavy atom. The summed E-state index contributed by atoms with van der Waals surface area (Å²) in [6.07, 6.45) is 0.788. The molecule has 3 heteroatoms. The van der Waals surface area contributed by atoms with Crippen molar-refractivity contribution < 1.29 is 9.84 Å². The number of hydrogen-bond acceptors (Lipinski definition) is 2. The molecule has 1 rings (SSSR count). The van der Waals surface area contributed by atoms with Crippen LogP contribution in [0.3, 0.4) is 0 Å². The molecule has 0 radical (unpaired) electrons. The largest absolute Gasteiger partial charge is 0.497 e. The summed E-state index contributed by atoms with van der Waals surface area (Å²) in [5.74, 6) is 0.755. The van der Waals surface area contributed by atoms with Crippen molar-refractivity contribution in [1.82, 2.24) is 0 Å². The molecule has 0 heterocycles. The highest BCUT2D eigenvalue weighted by atomic mass is 35.5. The van der Waals surface area contributed by atoms with Gasteiger partial charge in [0, 0.05) is 0 Å². The smallest absolute Gasteiger partial charge is 0.118 e. The van der Waals surface area contributed by atoms with Gasteiger partial charge in [-0.3, -0.25) is 0 Å². The Labute approximate surface area is 88.8 Å². The molecule has 2 nitrogen and oxygen atoms in total. The molecular formula is C11H13ClO2. The summed E-state index contributed by atoms with van der Waals surface area (Å²) in [4.78, 5) is 0. The molecule has 14 heavy (non-hydrogen) atoms. The summed E-state index contributed by atoms with van der Waals surface area (Å²) in [5, 5.41) is 9.24. The highest BCUT2D eigenvalue weighted by Crippen LogP contribution is 2.23. The zero-order valence-corrected chi connectivity index (χ0v) is 8.74. The van der Waals surface area contributed by atoms with Gasteiger partial charge in [-0.1, -0.05) is 18.2 Å². The number of alkyl halides is 1. The van der Waals surface area contributed by atoms with Gasteiger partial charge in [0.15, 0.2) is 0 Å². The minimum atomic E-state index is -0.722. The molecule has 0 saturated carbocycles. The predicted octanol–water partition coefficient (Wildman–Crippen LogP) is 2.52. The number of aliphatic hydroxyl groups is 1. The van der Waals surface area contributed by atoms with E-state index < -0.39 is 11.5 Å². The van der Waals surface area contributed by atoms with Crippen LogP contribution in [-0.4, -0.2) is 17.6 Å². The van der Waals surface area contributed by atoms with E-state index >= 15 is 0 Å². The molecule has 1 N–H and O–H groups in total. The van der Waals surface area contributed by atoms with Crippen LogP contribution in [0, 0.1) is 0 Å². The first-order valence-electron chi connectivity index (χ1n) is 4.27. The number of benzene rings is 1. The zero-order chi connectivity index (χ0) is 10.6. The maximum Gasteiger partial charge on any atom is 0.118 e. The summed E-state index contributed by atoms with van der Waals surface area (Å²) >= 11 is 5.82. The Balaban J connectivity index is 2.80. The Hall–Kier alpha value is -0.990. The molecule has 0 aliphatic heterocycles. The summed E-state index contributed by atoms with van der Waals surface area (Å²) in [6, 6.07) is 7.13. The van der Waals surface area contributed by atoms with Crippen LogP contribution in [0.1, 0.15) is 11.7 Å². The molecule has 0 fully saturated rings. The Morgan fingerprint density at radius 2 is 2.00 bits per heavy atom. The Morgan fingerprint density at radius 3 is 2.43 bits per heavy atom. The number of aliphatic hydroxyl groups excluding tert-OH is 1. The van der Waals surface area contributed by atoms with Gasteiger partial charge in [0.1, 0.15) is 5.75 Å². The van der Waals surface area contributed by atoms with E-state index in [1.807, 2.05) is 0 Å². The van der Waals surface area contributed by atoms with Crippen molar-refractivity contribution in [3.63, 3.8) is 0 Å². The fraction of sp³-hybridized carbons (Fsp3) is 0.273. The molecule has 1 aromatic carbocycles. The molecule has 76 valence electrons. The second kappa shape index (κ2) is 5.03. The van der Waals surface area contributed by atoms with Crippen molar-refractivity contribution in [3.05, 3.63) is 42.5 Å². The van der Waals surface area contributed by atoms with Crippen LogP contribution in [-0.2, 0) is 0 Å². The van der Waals surface area contributed by atoms with Gasteiger partial charge in [-0.05, 0) is 17.7 Å². The van der Waals surface area contributed by atoms with Crippen LogP contribution in [0.5, 0.6) is 5.75 Å². The van der Waals surface area contributed by atoms with Crippen molar-refractivity contribution >= 4 is 11.6 Å². The van der Waals surface area contributed by atoms with E-state index in [0.717, 1.165) is 11.3 Å². The van der Waals surface area contributed by atoms with Crippen LogP contribution < -0.4 is 4.74 Å². The molecule has 0 aliphatic rings. The molecule has 0 unspecified atom stereocenters. The number of rotatable bonds is 4. The van der Waals surface area contributed by atoms with Crippen molar-refractivity contribution in [2.45, 2.75) is 11.5 Å². The van der Waals surface area contributed by atoms with Crippen molar-refractivity contribution in [1.29, 1.82) is 0 Å². The number of methoxy groups -OCH3 is 1. The number of ether oxygens (including phenoxy) is 1. The average Bonchev–Trinajstić information content (AvgIpc) is 2.27. The van der Waals surface area contributed by atoms with Crippen LogP contribution in [0.2, 0.25) is 0 Å². The van der Waals surface area contributed by atoms with Gasteiger partial charge >= 0.3 is 0 Å². The highest BCUT2D eigenvalue weighted by Gasteiger charge is 2.14. The van der Waals surface area contributed by atoms with Crippen LogP contribution in [0.25, 0.3) is 0 Å². The van der Waals surface area contributed by atoms with E-state index in [1.54, 1.807) is 31.4 Å². The SMILES string of the molecule is C=C[C@H](Cl)[C@@H](O)c1ccc(OC)cc1. The second-order valence-electron chi connectivity index (χ2n) is 2.90. The summed E-state index contributed by atoms with van der Waals surface area (Å²) < 4.78 is 5.00. The first kappa shape index (κ1) is 11.1. The first-order chi connectivity index (χ1) is 6.69. The van der Waals surface area contributed by atoms with Gasteiger partial charge in [0.2, 0.25) is 0 Å². The minimum absolute atomic E-state index is 0.469. The van der Waals surface area contributed by atoms with E-state index in [0.29, 0.717) is 0 Å². The lowest BCUT2D eigenvalue weighted by Gasteiger charge is -2.13. The van der Waals surface area contributed by atoms with Gasteiger partial charge < -0.3 is 9.84 Å². The monoisotopic (exact) mass is 212 g/mol. The van der Waals surface area contributed by atoms with E-state index in [4.69, 9.17) is 16.3 Å². The molecule has 0 bridgehead atoms. The standard InChI is InChI=1S/C11H13ClO2/c1-3-10(12)11(13)8-4-6-9(14-2)7-5-8/h3-7,10-11,13H,1H2,2H3/t10-,11-/m0/s1. The molecule has 2 atom stereocenters. The third-order valence-corrected chi connectivity index (χ3v) is 2.40. The molecule has 0 amide bonds. The summed E-state index contributed by atoms with van der Waals surface area (Å²) in [7, 11) is 1.60. The predicted molar refractivity (Wildman–Crippen MR) is 57.8 cm³/mol. The van der Waals surface area contributed by atoms with Gasteiger partial charge in [0.25, 0.3) is 0 Å². The van der Waals surface area contributed by atoms with Gasteiger partial charge in [0.05, 0.1) is 18.6 Å². The molecule has 0 aromatic heterocycles. The Bertz CT molecular complexity index is 295. The van der Waals surface area contributed by atoms with Gasteiger partial charge in [-0.25, -0.2) is 0 Å². The molecule has 0 aliphatic carbocycles. The normalized spacial score (nSPS) is 14.5. The number of hydrogen-bond donors (Lipinski definition) is 1. The fourth-order valence-corrected chi connectivity index (χ4v) is 1.26. The van der Waals surface area contributed by atoms with Crippen LogP contribution in [0.4, 0.5) is 0 Å². The Kier molecular flexibility index (Phi) is 3.98. The molecular weight excluding hydrogens is 200 g/mol. The second-order valence-corrected chi connectivity index (χ2v) is 3.40. The first-order valence-corrected chi connectivity index (χ1v) is 4.71. The van der Waals surface area contributed by atoms with Crippen LogP contribution in [0.15, 0.2) is 36.9 Å². The average molecular weight is 213 g/mol. The highest BCUT2D eigenvalue weighted by molar-refractivity contribution is 6.22. The lowest BCUT2D eigenvalue weighted by molar-refractivity contribution is 0.185.